The molecule has 8 nitrogen and oxygen atoms in total. The quantitative estimate of drug-likeness (QED) is 0.557. The Balaban J connectivity index is 1.52. The van der Waals surface area contributed by atoms with Gasteiger partial charge in [0.15, 0.2) is 0 Å². The highest BCUT2D eigenvalue weighted by molar-refractivity contribution is 6.07. The van der Waals surface area contributed by atoms with Crippen LogP contribution in [0.1, 0.15) is 78.2 Å². The lowest BCUT2D eigenvalue weighted by atomic mass is 9.75. The van der Waals surface area contributed by atoms with E-state index < -0.39 is 11.5 Å². The highest BCUT2D eigenvalue weighted by Gasteiger charge is 2.47. The Hall–Kier alpha value is -2.61. The summed E-state index contributed by atoms with van der Waals surface area (Å²) in [5.74, 6) is -0.0923. The number of anilines is 2. The van der Waals surface area contributed by atoms with Crippen LogP contribution in [-0.2, 0) is 19.7 Å². The molecule has 8 heteroatoms. The summed E-state index contributed by atoms with van der Waals surface area (Å²) in [5.41, 5.74) is 1.81. The van der Waals surface area contributed by atoms with E-state index >= 15 is 0 Å². The first-order chi connectivity index (χ1) is 16.7. The first-order valence-electron chi connectivity index (χ1n) is 13.2. The van der Waals surface area contributed by atoms with Gasteiger partial charge in [0.25, 0.3) is 0 Å². The highest BCUT2D eigenvalue weighted by atomic mass is 16.5. The Morgan fingerprint density at radius 1 is 1.06 bits per heavy atom. The van der Waals surface area contributed by atoms with Gasteiger partial charge in [-0.15, -0.1) is 0 Å². The molecule has 4 rings (SSSR count). The van der Waals surface area contributed by atoms with E-state index in [1.165, 1.54) is 6.42 Å². The van der Waals surface area contributed by atoms with Crippen LogP contribution in [0.25, 0.3) is 0 Å². The maximum absolute atomic E-state index is 13.5. The van der Waals surface area contributed by atoms with Crippen molar-refractivity contribution < 1.29 is 19.1 Å². The predicted molar refractivity (Wildman–Crippen MR) is 136 cm³/mol. The Morgan fingerprint density at radius 3 is 2.34 bits per heavy atom. The smallest absolute Gasteiger partial charge is 0.318 e. The minimum Gasteiger partial charge on any atom is -0.381 e. The summed E-state index contributed by atoms with van der Waals surface area (Å²) >= 11 is 0. The minimum absolute atomic E-state index is 0.00841. The van der Waals surface area contributed by atoms with Crippen molar-refractivity contribution >= 4 is 29.2 Å². The van der Waals surface area contributed by atoms with Crippen molar-refractivity contribution in [1.29, 1.82) is 0 Å². The van der Waals surface area contributed by atoms with Gasteiger partial charge in [0, 0.05) is 36.7 Å². The third-order valence-corrected chi connectivity index (χ3v) is 7.86. The molecule has 35 heavy (non-hydrogen) atoms. The van der Waals surface area contributed by atoms with E-state index in [0.29, 0.717) is 31.7 Å². The van der Waals surface area contributed by atoms with Crippen molar-refractivity contribution in [3.05, 3.63) is 23.8 Å². The number of benzene rings is 1. The van der Waals surface area contributed by atoms with Gasteiger partial charge in [0.1, 0.15) is 6.04 Å². The average molecular weight is 485 g/mol. The summed E-state index contributed by atoms with van der Waals surface area (Å²) in [6.45, 7) is 9.08. The normalized spacial score (nSPS) is 20.5. The molecule has 3 aliphatic rings. The van der Waals surface area contributed by atoms with E-state index in [1.54, 1.807) is 4.90 Å². The number of amides is 4. The lowest BCUT2D eigenvalue weighted by Crippen LogP contribution is -2.56. The van der Waals surface area contributed by atoms with Crippen LogP contribution < -0.4 is 16.0 Å². The third-order valence-electron chi connectivity index (χ3n) is 7.86. The van der Waals surface area contributed by atoms with E-state index in [0.717, 1.165) is 36.9 Å². The topological polar surface area (TPSA) is 99.8 Å². The number of nitrogens with zero attached hydrogens (tertiary/aromatic N) is 1. The van der Waals surface area contributed by atoms with E-state index in [1.807, 2.05) is 45.9 Å². The molecule has 1 saturated carbocycles. The largest absolute Gasteiger partial charge is 0.381 e. The Labute approximate surface area is 208 Å². The van der Waals surface area contributed by atoms with Crippen LogP contribution >= 0.6 is 0 Å². The van der Waals surface area contributed by atoms with E-state index in [-0.39, 0.29) is 35.8 Å². The standard InChI is InChI=1S/C27H40N4O4/c1-17(2)31(18(3)4)26(34)30-23(19-8-6-5-7-9-19)24(32)28-20-10-11-21-22(16-20)29-25(33)27(21)12-14-35-15-13-27/h10-11,16-19,23H,5-9,12-15H2,1-4H3,(H,28,32)(H,29,33)(H,30,34)/t23-/m0/s1. The van der Waals surface area contributed by atoms with E-state index in [9.17, 15) is 14.4 Å². The van der Waals surface area contributed by atoms with Gasteiger partial charge in [0.2, 0.25) is 11.8 Å². The molecule has 0 unspecified atom stereocenters. The van der Waals surface area contributed by atoms with Crippen LogP contribution in [0.15, 0.2) is 18.2 Å². The molecule has 192 valence electrons. The van der Waals surface area contributed by atoms with Crippen LogP contribution in [0.4, 0.5) is 16.2 Å². The second-order valence-electron chi connectivity index (χ2n) is 10.8. The number of nitrogens with one attached hydrogen (secondary N) is 3. The number of urea groups is 1. The fraction of sp³-hybridized carbons (Fsp3) is 0.667. The van der Waals surface area contributed by atoms with Gasteiger partial charge in [-0.1, -0.05) is 25.3 Å². The van der Waals surface area contributed by atoms with Crippen molar-refractivity contribution in [1.82, 2.24) is 10.2 Å². The van der Waals surface area contributed by atoms with Gasteiger partial charge in [-0.2, -0.15) is 0 Å². The Morgan fingerprint density at radius 2 is 1.71 bits per heavy atom. The number of hydrogen-bond acceptors (Lipinski definition) is 4. The summed E-state index contributed by atoms with van der Waals surface area (Å²) in [7, 11) is 0. The van der Waals surface area contributed by atoms with Crippen LogP contribution in [0.5, 0.6) is 0 Å². The summed E-state index contributed by atoms with van der Waals surface area (Å²) in [5, 5.41) is 9.11. The zero-order valence-corrected chi connectivity index (χ0v) is 21.5. The second kappa shape index (κ2) is 10.6. The number of carbonyl (C=O) groups excluding carboxylic acids is 3. The molecule has 1 aromatic rings. The molecule has 0 bridgehead atoms. The van der Waals surface area contributed by atoms with Crippen LogP contribution in [0.3, 0.4) is 0 Å². The molecular formula is C27H40N4O4. The first-order valence-corrected chi connectivity index (χ1v) is 13.2. The van der Waals surface area contributed by atoms with Gasteiger partial charge in [-0.3, -0.25) is 9.59 Å². The van der Waals surface area contributed by atoms with E-state index in [4.69, 9.17) is 4.74 Å². The lowest BCUT2D eigenvalue weighted by Gasteiger charge is -2.35. The van der Waals surface area contributed by atoms with Gasteiger partial charge >= 0.3 is 6.03 Å². The summed E-state index contributed by atoms with van der Waals surface area (Å²) < 4.78 is 5.48. The molecule has 3 N–H and O–H groups in total. The summed E-state index contributed by atoms with van der Waals surface area (Å²) in [6, 6.07) is 4.90. The monoisotopic (exact) mass is 484 g/mol. The van der Waals surface area contributed by atoms with E-state index in [2.05, 4.69) is 16.0 Å². The average Bonchev–Trinajstić information content (AvgIpc) is 3.08. The maximum atomic E-state index is 13.5. The molecule has 2 fully saturated rings. The molecule has 4 amide bonds. The molecule has 1 aromatic carbocycles. The molecule has 0 aromatic heterocycles. The molecule has 2 aliphatic heterocycles. The van der Waals surface area contributed by atoms with Crippen LogP contribution in [0.2, 0.25) is 0 Å². The maximum Gasteiger partial charge on any atom is 0.318 e. The number of rotatable bonds is 6. The number of ether oxygens (including phenoxy) is 1. The lowest BCUT2D eigenvalue weighted by molar-refractivity contribution is -0.124. The number of fused-ring (bicyclic) bond motifs is 2. The zero-order chi connectivity index (χ0) is 25.2. The Kier molecular flexibility index (Phi) is 7.69. The van der Waals surface area contributed by atoms with Crippen molar-refractivity contribution in [2.75, 3.05) is 23.8 Å². The summed E-state index contributed by atoms with van der Waals surface area (Å²) in [6.07, 6.45) is 6.47. The summed E-state index contributed by atoms with van der Waals surface area (Å²) in [4.78, 5) is 41.3. The molecule has 1 aliphatic carbocycles. The third kappa shape index (κ3) is 5.17. The predicted octanol–water partition coefficient (Wildman–Crippen LogP) is 4.40. The molecule has 0 radical (unpaired) electrons. The van der Waals surface area contributed by atoms with Crippen molar-refractivity contribution in [2.45, 2.75) is 96.2 Å². The minimum atomic E-state index is -0.604. The number of carbonyl (C=O) groups is 3. The zero-order valence-electron chi connectivity index (χ0n) is 21.5. The van der Waals surface area contributed by atoms with Gasteiger partial charge in [-0.05, 0) is 77.0 Å². The van der Waals surface area contributed by atoms with Crippen molar-refractivity contribution in [2.24, 2.45) is 5.92 Å². The van der Waals surface area contributed by atoms with Crippen LogP contribution in [0, 0.1) is 5.92 Å². The second-order valence-corrected chi connectivity index (χ2v) is 10.8. The van der Waals surface area contributed by atoms with Crippen LogP contribution in [-0.4, -0.2) is 54.1 Å². The molecule has 1 saturated heterocycles. The van der Waals surface area contributed by atoms with Gasteiger partial charge in [0.05, 0.1) is 5.41 Å². The van der Waals surface area contributed by atoms with Gasteiger partial charge in [-0.25, -0.2) is 4.79 Å². The fourth-order valence-corrected chi connectivity index (χ4v) is 6.08. The fourth-order valence-electron chi connectivity index (χ4n) is 6.08. The molecule has 1 spiro atoms. The number of hydrogen-bond donors (Lipinski definition) is 3. The first kappa shape index (κ1) is 25.5. The van der Waals surface area contributed by atoms with Gasteiger partial charge < -0.3 is 25.6 Å². The molecular weight excluding hydrogens is 444 g/mol. The van der Waals surface area contributed by atoms with Crippen molar-refractivity contribution in [3.8, 4) is 0 Å². The highest BCUT2D eigenvalue weighted by Crippen LogP contribution is 2.45. The molecule has 1 atom stereocenters. The Bertz CT molecular complexity index is 940. The van der Waals surface area contributed by atoms with Crippen molar-refractivity contribution in [3.63, 3.8) is 0 Å². The SMILES string of the molecule is CC(C)N(C(=O)N[C@H](C(=O)Nc1ccc2c(c1)NC(=O)C21CCOCC1)C1CCCCC1)C(C)C. The molecule has 2 heterocycles.